The maximum absolute atomic E-state index is 12.8. The molecule has 0 bridgehead atoms. The largest absolute Gasteiger partial charge is 0.378 e. The number of morpholine rings is 1. The van der Waals surface area contributed by atoms with E-state index in [9.17, 15) is 4.79 Å². The molecule has 4 rings (SSSR count). The van der Waals surface area contributed by atoms with Crippen molar-refractivity contribution in [3.63, 3.8) is 0 Å². The summed E-state index contributed by atoms with van der Waals surface area (Å²) in [5, 5.41) is 5.75. The number of nitrogens with zero attached hydrogens (tertiary/aromatic N) is 1. The molecule has 1 N–H and O–H groups in total. The number of hydrogen-bond acceptors (Lipinski definition) is 4. The van der Waals surface area contributed by atoms with Crippen molar-refractivity contribution in [3.8, 4) is 0 Å². The smallest absolute Gasteiger partial charge is 0.248 e. The average Bonchev–Trinajstić information content (AvgIpc) is 2.84. The van der Waals surface area contributed by atoms with Gasteiger partial charge in [0, 0.05) is 25.6 Å². The maximum Gasteiger partial charge on any atom is 0.248 e. The summed E-state index contributed by atoms with van der Waals surface area (Å²) < 4.78 is 11.7. The van der Waals surface area contributed by atoms with Crippen LogP contribution in [0.5, 0.6) is 0 Å². The lowest BCUT2D eigenvalue weighted by Gasteiger charge is -2.31. The van der Waals surface area contributed by atoms with Gasteiger partial charge in [-0.2, -0.15) is 0 Å². The highest BCUT2D eigenvalue weighted by molar-refractivity contribution is 5.83. The fourth-order valence-corrected chi connectivity index (χ4v) is 4.21. The minimum atomic E-state index is -0.236. The summed E-state index contributed by atoms with van der Waals surface area (Å²) in [6.07, 6.45) is -0.236. The van der Waals surface area contributed by atoms with E-state index >= 15 is 0 Å². The van der Waals surface area contributed by atoms with Gasteiger partial charge in [0.1, 0.15) is 6.61 Å². The van der Waals surface area contributed by atoms with E-state index < -0.39 is 0 Å². The number of amides is 1. The van der Waals surface area contributed by atoms with Crippen LogP contribution in [0.15, 0.2) is 72.8 Å². The summed E-state index contributed by atoms with van der Waals surface area (Å²) in [5.41, 5.74) is 2.27. The van der Waals surface area contributed by atoms with Crippen molar-refractivity contribution in [3.05, 3.63) is 83.9 Å². The first-order valence-corrected chi connectivity index (χ1v) is 10.9. The summed E-state index contributed by atoms with van der Waals surface area (Å²) in [6, 6.07) is 25.1. The molecular weight excluding hydrogens is 388 g/mol. The Morgan fingerprint density at radius 1 is 0.968 bits per heavy atom. The number of likely N-dealkylation sites (N-methyl/N-ethyl adjacent to an activating group) is 1. The third kappa shape index (κ3) is 5.31. The number of rotatable bonds is 8. The van der Waals surface area contributed by atoms with Crippen molar-refractivity contribution < 1.29 is 14.3 Å². The lowest BCUT2D eigenvalue weighted by molar-refractivity contribution is -0.142. The van der Waals surface area contributed by atoms with Crippen molar-refractivity contribution in [2.75, 3.05) is 46.5 Å². The Balaban J connectivity index is 1.61. The molecule has 1 aliphatic rings. The number of ether oxygens (including phenoxy) is 2. The predicted octanol–water partition coefficient (Wildman–Crippen LogP) is 3.76. The van der Waals surface area contributed by atoms with Crippen LogP contribution in [0.1, 0.15) is 23.1 Å². The molecule has 0 aliphatic carbocycles. The molecular formula is C26H30N2O3. The molecule has 0 spiro atoms. The Kier molecular flexibility index (Phi) is 7.30. The Labute approximate surface area is 184 Å². The number of carbonyl (C=O) groups excluding carboxylic acids is 1. The van der Waals surface area contributed by atoms with E-state index in [0.717, 1.165) is 12.1 Å². The second kappa shape index (κ2) is 10.5. The molecule has 0 unspecified atom stereocenters. The fourth-order valence-electron chi connectivity index (χ4n) is 4.21. The zero-order chi connectivity index (χ0) is 21.5. The van der Waals surface area contributed by atoms with Crippen LogP contribution in [-0.4, -0.2) is 57.3 Å². The van der Waals surface area contributed by atoms with Gasteiger partial charge in [-0.15, -0.1) is 0 Å². The molecule has 0 saturated carbocycles. The number of carbonyl (C=O) groups is 1. The number of benzene rings is 3. The Bertz CT molecular complexity index is 986. The van der Waals surface area contributed by atoms with Gasteiger partial charge < -0.3 is 19.7 Å². The highest BCUT2D eigenvalue weighted by Gasteiger charge is 2.27. The Hall–Kier alpha value is -2.73. The van der Waals surface area contributed by atoms with Gasteiger partial charge in [0.2, 0.25) is 5.91 Å². The van der Waals surface area contributed by atoms with Crippen molar-refractivity contribution in [2.24, 2.45) is 0 Å². The van der Waals surface area contributed by atoms with Gasteiger partial charge in [-0.05, 0) is 28.9 Å². The molecule has 3 aromatic rings. The summed E-state index contributed by atoms with van der Waals surface area (Å²) in [6.45, 7) is 3.24. The molecule has 1 saturated heterocycles. The lowest BCUT2D eigenvalue weighted by atomic mass is 9.87. The molecule has 1 fully saturated rings. The molecule has 1 amide bonds. The highest BCUT2D eigenvalue weighted by atomic mass is 16.5. The summed E-state index contributed by atoms with van der Waals surface area (Å²) in [7, 11) is 1.95. The van der Waals surface area contributed by atoms with Gasteiger partial charge in [0.25, 0.3) is 0 Å². The predicted molar refractivity (Wildman–Crippen MR) is 123 cm³/mol. The van der Waals surface area contributed by atoms with E-state index in [2.05, 4.69) is 59.9 Å². The monoisotopic (exact) mass is 418 g/mol. The van der Waals surface area contributed by atoms with E-state index in [-0.39, 0.29) is 24.5 Å². The molecule has 1 aliphatic heterocycles. The van der Waals surface area contributed by atoms with Crippen LogP contribution in [0.2, 0.25) is 0 Å². The molecule has 5 nitrogen and oxygen atoms in total. The van der Waals surface area contributed by atoms with Crippen LogP contribution in [0.4, 0.5) is 0 Å². The minimum Gasteiger partial charge on any atom is -0.378 e. The van der Waals surface area contributed by atoms with Crippen molar-refractivity contribution >= 4 is 16.7 Å². The molecule has 1 heterocycles. The summed E-state index contributed by atoms with van der Waals surface area (Å²) in [4.78, 5) is 14.6. The van der Waals surface area contributed by atoms with Crippen molar-refractivity contribution in [2.45, 2.75) is 12.0 Å². The van der Waals surface area contributed by atoms with Crippen molar-refractivity contribution in [1.29, 1.82) is 0 Å². The second-order valence-electron chi connectivity index (χ2n) is 7.91. The lowest BCUT2D eigenvalue weighted by Crippen LogP contribution is -2.42. The molecule has 2 atom stereocenters. The zero-order valence-electron chi connectivity index (χ0n) is 18.0. The van der Waals surface area contributed by atoms with E-state index in [1.807, 2.05) is 30.1 Å². The van der Waals surface area contributed by atoms with Crippen LogP contribution >= 0.6 is 0 Å². The fraction of sp³-hybridized carbons (Fsp3) is 0.346. The van der Waals surface area contributed by atoms with E-state index in [1.54, 1.807) is 0 Å². The van der Waals surface area contributed by atoms with Gasteiger partial charge >= 0.3 is 0 Å². The van der Waals surface area contributed by atoms with Gasteiger partial charge in [0.15, 0.2) is 0 Å². The number of nitrogens with one attached hydrogen (secondary N) is 1. The third-order valence-electron chi connectivity index (χ3n) is 5.87. The standard InChI is InChI=1S/C26H30N2O3/c1-27-18-24(23-12-11-20-7-5-6-10-22(20)17-23)26(21-8-3-2-4-9-21)31-19-25(29)28-13-15-30-16-14-28/h2-12,17,24,26-27H,13-16,18-19H2,1H3/t24-,26-/m1/s1. The first-order valence-electron chi connectivity index (χ1n) is 10.9. The molecule has 31 heavy (non-hydrogen) atoms. The topological polar surface area (TPSA) is 50.8 Å². The molecule has 3 aromatic carbocycles. The Morgan fingerprint density at radius 2 is 1.68 bits per heavy atom. The van der Waals surface area contributed by atoms with Crippen LogP contribution in [0.3, 0.4) is 0 Å². The van der Waals surface area contributed by atoms with Crippen LogP contribution in [-0.2, 0) is 14.3 Å². The summed E-state index contributed by atoms with van der Waals surface area (Å²) in [5.74, 6) is 0.0837. The molecule has 0 radical (unpaired) electrons. The van der Waals surface area contributed by atoms with Gasteiger partial charge in [-0.1, -0.05) is 72.8 Å². The maximum atomic E-state index is 12.8. The van der Waals surface area contributed by atoms with E-state index in [1.165, 1.54) is 16.3 Å². The number of hydrogen-bond donors (Lipinski definition) is 1. The van der Waals surface area contributed by atoms with Gasteiger partial charge in [-0.25, -0.2) is 0 Å². The highest BCUT2D eigenvalue weighted by Crippen LogP contribution is 2.35. The first kappa shape index (κ1) is 21.5. The van der Waals surface area contributed by atoms with Gasteiger partial charge in [0.05, 0.1) is 19.3 Å². The van der Waals surface area contributed by atoms with Crippen LogP contribution in [0.25, 0.3) is 10.8 Å². The second-order valence-corrected chi connectivity index (χ2v) is 7.91. The first-order chi connectivity index (χ1) is 15.3. The average molecular weight is 419 g/mol. The van der Waals surface area contributed by atoms with E-state index in [4.69, 9.17) is 9.47 Å². The quantitative estimate of drug-likeness (QED) is 0.605. The number of fused-ring (bicyclic) bond motifs is 1. The van der Waals surface area contributed by atoms with Crippen molar-refractivity contribution in [1.82, 2.24) is 10.2 Å². The van der Waals surface area contributed by atoms with Crippen LogP contribution in [0, 0.1) is 0 Å². The van der Waals surface area contributed by atoms with E-state index in [0.29, 0.717) is 26.3 Å². The molecule has 5 heteroatoms. The minimum absolute atomic E-state index is 0.0194. The third-order valence-corrected chi connectivity index (χ3v) is 5.87. The SMILES string of the molecule is CNC[C@H](c1ccc2ccccc2c1)[C@H](OCC(=O)N1CCOCC1)c1ccccc1. The molecule has 0 aromatic heterocycles. The normalized spacial score (nSPS) is 16.2. The molecule has 162 valence electrons. The Morgan fingerprint density at radius 3 is 2.42 bits per heavy atom. The van der Waals surface area contributed by atoms with Crippen LogP contribution < -0.4 is 5.32 Å². The summed E-state index contributed by atoms with van der Waals surface area (Å²) >= 11 is 0. The van der Waals surface area contributed by atoms with Gasteiger partial charge in [-0.3, -0.25) is 4.79 Å². The zero-order valence-corrected chi connectivity index (χ0v) is 18.0.